The van der Waals surface area contributed by atoms with Crippen LogP contribution < -0.4 is 29.1 Å². The lowest BCUT2D eigenvalue weighted by atomic mass is 9.98. The molecule has 0 aliphatic rings. The summed E-state index contributed by atoms with van der Waals surface area (Å²) in [5.74, 6) is 1.34. The highest BCUT2D eigenvalue weighted by Gasteiger charge is 2.26. The van der Waals surface area contributed by atoms with Gasteiger partial charge in [0, 0.05) is 11.6 Å². The van der Waals surface area contributed by atoms with Gasteiger partial charge in [-0.3, -0.25) is 4.79 Å². The first-order valence-corrected chi connectivity index (χ1v) is 11.1. The fraction of sp³-hybridized carbons (Fsp3) is 0.214. The monoisotopic (exact) mass is 506 g/mol. The second kappa shape index (κ2) is 10.5. The highest BCUT2D eigenvalue weighted by atomic mass is 16.5. The van der Waals surface area contributed by atoms with Crippen LogP contribution in [0, 0.1) is 0 Å². The highest BCUT2D eigenvalue weighted by molar-refractivity contribution is 6.01. The normalized spacial score (nSPS) is 10.6. The molecule has 9 nitrogen and oxygen atoms in total. The van der Waals surface area contributed by atoms with Crippen molar-refractivity contribution in [2.45, 2.75) is 0 Å². The molecule has 0 N–H and O–H groups in total. The number of hydrogen-bond acceptors (Lipinski definition) is 9. The molecule has 0 spiro atoms. The zero-order chi connectivity index (χ0) is 26.7. The number of benzene rings is 3. The first-order valence-electron chi connectivity index (χ1n) is 11.1. The van der Waals surface area contributed by atoms with Crippen molar-refractivity contribution in [1.82, 2.24) is 0 Å². The maximum absolute atomic E-state index is 13.8. The number of methoxy groups -OCH3 is 6. The van der Waals surface area contributed by atoms with E-state index < -0.39 is 11.4 Å². The van der Waals surface area contributed by atoms with Gasteiger partial charge in [0.1, 0.15) is 16.9 Å². The van der Waals surface area contributed by atoms with E-state index >= 15 is 0 Å². The van der Waals surface area contributed by atoms with Gasteiger partial charge >= 0.3 is 5.97 Å². The van der Waals surface area contributed by atoms with Crippen molar-refractivity contribution in [3.05, 3.63) is 64.3 Å². The van der Waals surface area contributed by atoms with Crippen LogP contribution in [0.4, 0.5) is 0 Å². The van der Waals surface area contributed by atoms with Crippen LogP contribution in [0.5, 0.6) is 28.7 Å². The molecule has 1 aromatic heterocycles. The van der Waals surface area contributed by atoms with Gasteiger partial charge in [0.05, 0.1) is 53.8 Å². The molecule has 192 valence electrons. The van der Waals surface area contributed by atoms with E-state index in [9.17, 15) is 9.59 Å². The van der Waals surface area contributed by atoms with E-state index in [1.54, 1.807) is 48.5 Å². The fourth-order valence-electron chi connectivity index (χ4n) is 4.13. The number of ether oxygens (including phenoxy) is 6. The molecule has 0 bridgehead atoms. The molecule has 37 heavy (non-hydrogen) atoms. The van der Waals surface area contributed by atoms with Crippen LogP contribution in [0.25, 0.3) is 33.4 Å². The average molecular weight is 507 g/mol. The summed E-state index contributed by atoms with van der Waals surface area (Å²) < 4.78 is 38.7. The summed E-state index contributed by atoms with van der Waals surface area (Å²) in [6.07, 6.45) is 0. The van der Waals surface area contributed by atoms with Crippen LogP contribution in [-0.2, 0) is 4.74 Å². The summed E-state index contributed by atoms with van der Waals surface area (Å²) in [4.78, 5) is 25.7. The predicted octanol–water partition coefficient (Wildman–Crippen LogP) is 4.96. The van der Waals surface area contributed by atoms with E-state index in [0.29, 0.717) is 39.5 Å². The van der Waals surface area contributed by atoms with Crippen molar-refractivity contribution in [3.8, 4) is 51.2 Å². The Kier molecular flexibility index (Phi) is 7.24. The second-order valence-electron chi connectivity index (χ2n) is 7.79. The largest absolute Gasteiger partial charge is 0.496 e. The van der Waals surface area contributed by atoms with Gasteiger partial charge in [0.25, 0.3) is 0 Å². The molecular weight excluding hydrogens is 480 g/mol. The van der Waals surface area contributed by atoms with Gasteiger partial charge in [-0.1, -0.05) is 12.1 Å². The molecule has 0 fully saturated rings. The SMILES string of the molecule is COC(=O)c1ccc(-c2c(OC)cc(OC)c3c(=O)c(OC)c(-c4ccc(OC)c(OC)c4)oc23)cc1. The van der Waals surface area contributed by atoms with Crippen molar-refractivity contribution in [2.24, 2.45) is 0 Å². The highest BCUT2D eigenvalue weighted by Crippen LogP contribution is 2.45. The van der Waals surface area contributed by atoms with Crippen molar-refractivity contribution in [2.75, 3.05) is 42.7 Å². The second-order valence-corrected chi connectivity index (χ2v) is 7.79. The number of carbonyl (C=O) groups is 1. The molecule has 0 radical (unpaired) electrons. The molecular formula is C28H26O9. The van der Waals surface area contributed by atoms with E-state index in [1.165, 1.54) is 42.7 Å². The Bertz CT molecular complexity index is 1520. The van der Waals surface area contributed by atoms with E-state index in [0.717, 1.165) is 0 Å². The smallest absolute Gasteiger partial charge is 0.337 e. The van der Waals surface area contributed by atoms with Crippen LogP contribution in [0.1, 0.15) is 10.4 Å². The summed E-state index contributed by atoms with van der Waals surface area (Å²) in [7, 11) is 8.71. The quantitative estimate of drug-likeness (QED) is 0.307. The van der Waals surface area contributed by atoms with Crippen LogP contribution >= 0.6 is 0 Å². The molecule has 0 aliphatic heterocycles. The van der Waals surface area contributed by atoms with Gasteiger partial charge in [-0.15, -0.1) is 0 Å². The number of esters is 1. The standard InChI is InChI=1S/C28H26O9/c1-31-18-12-11-17(13-19(18)32-2)25-27(35-5)24(29)23-21(34-4)14-20(33-3)22(26(23)37-25)15-7-9-16(10-8-15)28(30)36-6/h7-14H,1-6H3. The lowest BCUT2D eigenvalue weighted by Crippen LogP contribution is -2.10. The van der Waals surface area contributed by atoms with Gasteiger partial charge in [0.2, 0.25) is 11.2 Å². The summed E-state index contributed by atoms with van der Waals surface area (Å²) >= 11 is 0. The zero-order valence-electron chi connectivity index (χ0n) is 21.3. The minimum Gasteiger partial charge on any atom is -0.496 e. The minimum atomic E-state index is -0.467. The molecule has 9 heteroatoms. The molecule has 0 saturated carbocycles. The molecule has 0 unspecified atom stereocenters. The maximum Gasteiger partial charge on any atom is 0.337 e. The van der Waals surface area contributed by atoms with E-state index in [2.05, 4.69) is 0 Å². The van der Waals surface area contributed by atoms with Crippen LogP contribution in [-0.4, -0.2) is 48.6 Å². The summed E-state index contributed by atoms with van der Waals surface area (Å²) in [6.45, 7) is 0. The lowest BCUT2D eigenvalue weighted by molar-refractivity contribution is 0.0600. The maximum atomic E-state index is 13.8. The Morgan fingerprint density at radius 3 is 1.86 bits per heavy atom. The van der Waals surface area contributed by atoms with Gasteiger partial charge in [-0.05, 0) is 35.9 Å². The number of fused-ring (bicyclic) bond motifs is 1. The Morgan fingerprint density at radius 1 is 0.676 bits per heavy atom. The first kappa shape index (κ1) is 25.4. The Balaban J connectivity index is 2.10. The predicted molar refractivity (Wildman–Crippen MR) is 137 cm³/mol. The van der Waals surface area contributed by atoms with Gasteiger partial charge in [-0.25, -0.2) is 4.79 Å². The van der Waals surface area contributed by atoms with Crippen LogP contribution in [0.15, 0.2) is 57.7 Å². The van der Waals surface area contributed by atoms with Crippen molar-refractivity contribution < 1.29 is 37.6 Å². The molecule has 0 atom stereocenters. The molecule has 3 aromatic carbocycles. The molecule has 0 saturated heterocycles. The van der Waals surface area contributed by atoms with E-state index in [-0.39, 0.29) is 28.2 Å². The van der Waals surface area contributed by atoms with Crippen molar-refractivity contribution in [1.29, 1.82) is 0 Å². The number of carbonyl (C=O) groups excluding carboxylic acids is 1. The topological polar surface area (TPSA) is 103 Å². The van der Waals surface area contributed by atoms with Crippen LogP contribution in [0.3, 0.4) is 0 Å². The third kappa shape index (κ3) is 4.40. The zero-order valence-corrected chi connectivity index (χ0v) is 21.3. The van der Waals surface area contributed by atoms with Gasteiger partial charge in [0.15, 0.2) is 22.8 Å². The van der Waals surface area contributed by atoms with Crippen molar-refractivity contribution >= 4 is 16.9 Å². The van der Waals surface area contributed by atoms with Crippen LogP contribution in [0.2, 0.25) is 0 Å². The molecule has 1 heterocycles. The molecule has 4 aromatic rings. The Morgan fingerprint density at radius 2 is 1.30 bits per heavy atom. The minimum absolute atomic E-state index is 0.00447. The molecule has 0 aliphatic carbocycles. The Labute approximate surface area is 213 Å². The Hall–Kier alpha value is -4.66. The average Bonchev–Trinajstić information content (AvgIpc) is 2.95. The third-order valence-electron chi connectivity index (χ3n) is 5.94. The lowest BCUT2D eigenvalue weighted by Gasteiger charge is -2.17. The van der Waals surface area contributed by atoms with Gasteiger partial charge < -0.3 is 32.8 Å². The summed E-state index contributed by atoms with van der Waals surface area (Å²) in [5, 5.41) is 0.177. The van der Waals surface area contributed by atoms with E-state index in [4.69, 9.17) is 32.8 Å². The van der Waals surface area contributed by atoms with E-state index in [1.807, 2.05) is 0 Å². The summed E-state index contributed by atoms with van der Waals surface area (Å²) in [5.41, 5.74) is 1.83. The van der Waals surface area contributed by atoms with Gasteiger partial charge in [-0.2, -0.15) is 0 Å². The molecule has 0 amide bonds. The number of hydrogen-bond donors (Lipinski definition) is 0. The van der Waals surface area contributed by atoms with Crippen molar-refractivity contribution in [3.63, 3.8) is 0 Å². The fourth-order valence-corrected chi connectivity index (χ4v) is 4.13. The first-order chi connectivity index (χ1) is 17.9. The molecule has 4 rings (SSSR count). The third-order valence-corrected chi connectivity index (χ3v) is 5.94. The number of rotatable bonds is 8. The summed E-state index contributed by atoms with van der Waals surface area (Å²) in [6, 6.07) is 13.4.